The number of hydrogen-bond acceptors (Lipinski definition) is 4. The van der Waals surface area contributed by atoms with Crippen LogP contribution >= 0.6 is 0 Å². The van der Waals surface area contributed by atoms with Gasteiger partial charge < -0.3 is 14.8 Å². The van der Waals surface area contributed by atoms with Crippen molar-refractivity contribution < 1.29 is 14.3 Å². The second kappa shape index (κ2) is 7.24. The molecule has 1 aliphatic heterocycles. The molecule has 6 nitrogen and oxygen atoms in total. The van der Waals surface area contributed by atoms with Crippen LogP contribution in [0.1, 0.15) is 39.3 Å². The zero-order valence-electron chi connectivity index (χ0n) is 14.0. The quantitative estimate of drug-likeness (QED) is 0.874. The predicted octanol–water partition coefficient (Wildman–Crippen LogP) is 2.14. The van der Waals surface area contributed by atoms with Gasteiger partial charge in [-0.1, -0.05) is 20.8 Å². The maximum atomic E-state index is 11.9. The molecule has 1 aromatic heterocycles. The lowest BCUT2D eigenvalue weighted by Crippen LogP contribution is -2.23. The first-order chi connectivity index (χ1) is 10.3. The fourth-order valence-electron chi connectivity index (χ4n) is 2.51. The Balaban J connectivity index is 1.78. The molecule has 1 atom stereocenters. The van der Waals surface area contributed by atoms with Crippen LogP contribution in [0.2, 0.25) is 0 Å². The van der Waals surface area contributed by atoms with Crippen molar-refractivity contribution in [3.8, 4) is 0 Å². The van der Waals surface area contributed by atoms with E-state index in [9.17, 15) is 4.79 Å². The van der Waals surface area contributed by atoms with Crippen LogP contribution in [0.3, 0.4) is 0 Å². The van der Waals surface area contributed by atoms with Crippen molar-refractivity contribution >= 4 is 11.7 Å². The maximum Gasteiger partial charge on any atom is 0.251 e. The van der Waals surface area contributed by atoms with Crippen LogP contribution in [-0.2, 0) is 27.7 Å². The molecule has 22 heavy (non-hydrogen) atoms. The molecule has 0 aliphatic carbocycles. The molecule has 6 heteroatoms. The molecule has 1 saturated heterocycles. The van der Waals surface area contributed by atoms with E-state index in [1.807, 2.05) is 13.1 Å². The van der Waals surface area contributed by atoms with Crippen molar-refractivity contribution in [3.05, 3.63) is 11.8 Å². The van der Waals surface area contributed by atoms with Crippen molar-refractivity contribution in [1.29, 1.82) is 0 Å². The number of aromatic nitrogens is 2. The van der Waals surface area contributed by atoms with Crippen LogP contribution in [0.15, 0.2) is 6.07 Å². The molecule has 0 spiro atoms. The number of nitrogens with zero attached hydrogens (tertiary/aromatic N) is 2. The van der Waals surface area contributed by atoms with E-state index >= 15 is 0 Å². The highest BCUT2D eigenvalue weighted by atomic mass is 16.5. The van der Waals surface area contributed by atoms with Crippen LogP contribution in [0, 0.1) is 5.41 Å². The second-order valence-electron chi connectivity index (χ2n) is 7.08. The molecule has 124 valence electrons. The molecule has 1 amide bonds. The van der Waals surface area contributed by atoms with Gasteiger partial charge in [-0.2, -0.15) is 5.10 Å². The van der Waals surface area contributed by atoms with Gasteiger partial charge >= 0.3 is 0 Å². The van der Waals surface area contributed by atoms with Gasteiger partial charge in [0.2, 0.25) is 0 Å². The van der Waals surface area contributed by atoms with Gasteiger partial charge in [-0.3, -0.25) is 9.48 Å². The van der Waals surface area contributed by atoms with E-state index < -0.39 is 0 Å². The largest absolute Gasteiger partial charge is 0.376 e. The number of carbonyl (C=O) groups excluding carboxylic acids is 1. The summed E-state index contributed by atoms with van der Waals surface area (Å²) in [5.74, 6) is 0.535. The molecule has 0 saturated carbocycles. The number of carbonyl (C=O) groups is 1. The fourth-order valence-corrected chi connectivity index (χ4v) is 2.51. The number of hydrogen-bond donors (Lipinski definition) is 1. The highest BCUT2D eigenvalue weighted by Gasteiger charge is 2.17. The summed E-state index contributed by atoms with van der Waals surface area (Å²) >= 11 is 0. The van der Waals surface area contributed by atoms with E-state index in [4.69, 9.17) is 9.47 Å². The van der Waals surface area contributed by atoms with E-state index in [2.05, 4.69) is 31.2 Å². The topological polar surface area (TPSA) is 65.4 Å². The van der Waals surface area contributed by atoms with Crippen LogP contribution < -0.4 is 5.32 Å². The van der Waals surface area contributed by atoms with Crippen molar-refractivity contribution in [2.24, 2.45) is 12.5 Å². The molecule has 1 unspecified atom stereocenters. The minimum Gasteiger partial charge on any atom is -0.376 e. The lowest BCUT2D eigenvalue weighted by molar-refractivity contribution is -0.121. The Morgan fingerprint density at radius 3 is 2.95 bits per heavy atom. The molecule has 0 radical (unpaired) electrons. The third kappa shape index (κ3) is 5.42. The molecule has 1 N–H and O–H groups in total. The second-order valence-corrected chi connectivity index (χ2v) is 7.08. The van der Waals surface area contributed by atoms with Gasteiger partial charge in [-0.25, -0.2) is 0 Å². The summed E-state index contributed by atoms with van der Waals surface area (Å²) in [5.41, 5.74) is 1.14. The molecular weight excluding hydrogens is 282 g/mol. The molecule has 0 bridgehead atoms. The van der Waals surface area contributed by atoms with Gasteiger partial charge in [0.05, 0.1) is 18.4 Å². The van der Waals surface area contributed by atoms with E-state index in [1.165, 1.54) is 0 Å². The summed E-state index contributed by atoms with van der Waals surface area (Å²) < 4.78 is 12.6. The molecule has 2 rings (SSSR count). The molecule has 1 aromatic rings. The van der Waals surface area contributed by atoms with E-state index in [1.54, 1.807) is 4.68 Å². The first-order valence-corrected chi connectivity index (χ1v) is 7.85. The molecular formula is C16H27N3O3. The smallest absolute Gasteiger partial charge is 0.251 e. The van der Waals surface area contributed by atoms with Crippen molar-refractivity contribution in [1.82, 2.24) is 9.78 Å². The van der Waals surface area contributed by atoms with Gasteiger partial charge in [-0.15, -0.1) is 0 Å². The van der Waals surface area contributed by atoms with Gasteiger partial charge in [0, 0.05) is 19.7 Å². The van der Waals surface area contributed by atoms with Crippen LogP contribution in [0.5, 0.6) is 0 Å². The fraction of sp³-hybridized carbons (Fsp3) is 0.750. The number of anilines is 1. The van der Waals surface area contributed by atoms with E-state index in [-0.39, 0.29) is 24.0 Å². The third-order valence-corrected chi connectivity index (χ3v) is 3.47. The van der Waals surface area contributed by atoms with Crippen molar-refractivity contribution in [3.63, 3.8) is 0 Å². The Labute approximate surface area is 132 Å². The highest BCUT2D eigenvalue weighted by molar-refractivity contribution is 5.90. The number of rotatable bonds is 6. The number of aryl methyl sites for hydroxylation is 1. The van der Waals surface area contributed by atoms with Gasteiger partial charge in [0.1, 0.15) is 12.4 Å². The lowest BCUT2D eigenvalue weighted by atomic mass is 9.91. The van der Waals surface area contributed by atoms with E-state index in [0.717, 1.165) is 31.6 Å². The Hall–Kier alpha value is -1.40. The van der Waals surface area contributed by atoms with Gasteiger partial charge in [0.15, 0.2) is 0 Å². The SMILES string of the molecule is Cn1nc(CC(C)(C)C)cc1NC(=O)COCC1CCCO1. The monoisotopic (exact) mass is 309 g/mol. The van der Waals surface area contributed by atoms with Gasteiger partial charge in [-0.05, 0) is 24.7 Å². The predicted molar refractivity (Wildman–Crippen MR) is 84.8 cm³/mol. The first-order valence-electron chi connectivity index (χ1n) is 7.85. The minimum atomic E-state index is -0.164. The van der Waals surface area contributed by atoms with Crippen molar-refractivity contribution in [2.45, 2.75) is 46.1 Å². The van der Waals surface area contributed by atoms with Crippen molar-refractivity contribution in [2.75, 3.05) is 25.1 Å². The summed E-state index contributed by atoms with van der Waals surface area (Å²) in [7, 11) is 1.83. The number of nitrogens with one attached hydrogen (secondary N) is 1. The number of ether oxygens (including phenoxy) is 2. The normalized spacial score (nSPS) is 18.6. The van der Waals surface area contributed by atoms with Crippen LogP contribution in [0.4, 0.5) is 5.82 Å². The summed E-state index contributed by atoms with van der Waals surface area (Å²) in [4.78, 5) is 11.9. The van der Waals surface area contributed by atoms with Crippen LogP contribution in [-0.4, -0.2) is 41.6 Å². The average Bonchev–Trinajstić information content (AvgIpc) is 2.98. The Morgan fingerprint density at radius 1 is 1.55 bits per heavy atom. The summed E-state index contributed by atoms with van der Waals surface area (Å²) in [6.07, 6.45) is 3.10. The maximum absolute atomic E-state index is 11.9. The molecule has 1 fully saturated rings. The molecule has 0 aromatic carbocycles. The van der Waals surface area contributed by atoms with Crippen LogP contribution in [0.25, 0.3) is 0 Å². The highest BCUT2D eigenvalue weighted by Crippen LogP contribution is 2.21. The summed E-state index contributed by atoms with van der Waals surface area (Å²) in [6.45, 7) is 7.82. The Kier molecular flexibility index (Phi) is 5.58. The Morgan fingerprint density at radius 2 is 2.32 bits per heavy atom. The Bertz CT molecular complexity index is 499. The summed E-state index contributed by atoms with van der Waals surface area (Å²) in [6, 6.07) is 1.92. The van der Waals surface area contributed by atoms with Gasteiger partial charge in [0.25, 0.3) is 5.91 Å². The molecule has 1 aliphatic rings. The molecule has 2 heterocycles. The number of amides is 1. The zero-order valence-corrected chi connectivity index (χ0v) is 14.0. The average molecular weight is 309 g/mol. The first kappa shape index (κ1) is 17.0. The lowest BCUT2D eigenvalue weighted by Gasteiger charge is -2.15. The van der Waals surface area contributed by atoms with E-state index in [0.29, 0.717) is 12.4 Å². The zero-order chi connectivity index (χ0) is 16.2. The third-order valence-electron chi connectivity index (χ3n) is 3.47. The standard InChI is InChI=1S/C16H27N3O3/c1-16(2,3)9-12-8-14(19(4)18-12)17-15(20)11-21-10-13-6-5-7-22-13/h8,13H,5-7,9-11H2,1-4H3,(H,17,20). The summed E-state index contributed by atoms with van der Waals surface area (Å²) in [5, 5.41) is 7.27. The minimum absolute atomic E-state index is 0.0413.